The Balaban J connectivity index is 1.89. The van der Waals surface area contributed by atoms with Crippen LogP contribution in [0.2, 0.25) is 10.0 Å². The van der Waals surface area contributed by atoms with Crippen molar-refractivity contribution < 1.29 is 9.90 Å². The minimum Gasteiger partial charge on any atom is -0.387 e. The fourth-order valence-corrected chi connectivity index (χ4v) is 3.24. The van der Waals surface area contributed by atoms with Gasteiger partial charge in [-0.25, -0.2) is 0 Å². The Morgan fingerprint density at radius 2 is 2.37 bits per heavy atom. The number of nitrogens with one attached hydrogen (secondary N) is 2. The van der Waals surface area contributed by atoms with Crippen molar-refractivity contribution in [1.82, 2.24) is 10.6 Å². The molecule has 1 amide bonds. The average Bonchev–Trinajstić information content (AvgIpc) is 2.89. The van der Waals surface area contributed by atoms with Crippen molar-refractivity contribution in [2.75, 3.05) is 18.2 Å². The second kappa shape index (κ2) is 6.81. The van der Waals surface area contributed by atoms with Gasteiger partial charge in [-0.15, -0.1) is 11.8 Å². The van der Waals surface area contributed by atoms with E-state index in [0.29, 0.717) is 15.6 Å². The second-order valence-corrected chi connectivity index (χ2v) is 6.07. The van der Waals surface area contributed by atoms with Gasteiger partial charge in [0.25, 0.3) is 0 Å². The minimum atomic E-state index is -0.845. The van der Waals surface area contributed by atoms with E-state index in [1.807, 2.05) is 0 Å². The molecule has 104 valence electrons. The molecule has 0 spiro atoms. The third-order valence-electron chi connectivity index (χ3n) is 2.82. The largest absolute Gasteiger partial charge is 0.387 e. The highest BCUT2D eigenvalue weighted by molar-refractivity contribution is 7.99. The minimum absolute atomic E-state index is 0.103. The zero-order valence-electron chi connectivity index (χ0n) is 10.0. The van der Waals surface area contributed by atoms with Gasteiger partial charge in [0, 0.05) is 33.8 Å². The molecular formula is C12H14Cl2N2O2S. The van der Waals surface area contributed by atoms with Crippen molar-refractivity contribution in [2.24, 2.45) is 0 Å². The third-order valence-corrected chi connectivity index (χ3v) is 4.33. The summed E-state index contributed by atoms with van der Waals surface area (Å²) in [6.07, 6.45) is -0.845. The predicted molar refractivity (Wildman–Crippen MR) is 78.7 cm³/mol. The van der Waals surface area contributed by atoms with E-state index in [1.54, 1.807) is 30.0 Å². The van der Waals surface area contributed by atoms with Crippen LogP contribution in [-0.4, -0.2) is 35.2 Å². The van der Waals surface area contributed by atoms with Crippen LogP contribution >= 0.6 is 35.0 Å². The van der Waals surface area contributed by atoms with Gasteiger partial charge < -0.3 is 10.4 Å². The Kier molecular flexibility index (Phi) is 5.36. The Morgan fingerprint density at radius 1 is 1.58 bits per heavy atom. The van der Waals surface area contributed by atoms with Crippen molar-refractivity contribution in [2.45, 2.75) is 12.1 Å². The molecule has 1 saturated heterocycles. The zero-order valence-corrected chi connectivity index (χ0v) is 12.4. The van der Waals surface area contributed by atoms with Crippen molar-refractivity contribution in [3.8, 4) is 0 Å². The van der Waals surface area contributed by atoms with Crippen LogP contribution < -0.4 is 10.6 Å². The van der Waals surface area contributed by atoms with Crippen LogP contribution in [0.5, 0.6) is 0 Å². The van der Waals surface area contributed by atoms with E-state index in [0.717, 1.165) is 11.6 Å². The van der Waals surface area contributed by atoms with Gasteiger partial charge in [-0.3, -0.25) is 10.1 Å². The molecule has 1 aliphatic heterocycles. The molecule has 4 nitrogen and oxygen atoms in total. The van der Waals surface area contributed by atoms with Gasteiger partial charge in [0.05, 0.1) is 12.1 Å². The van der Waals surface area contributed by atoms with Gasteiger partial charge in [-0.2, -0.15) is 0 Å². The number of aliphatic hydroxyl groups excluding tert-OH is 1. The van der Waals surface area contributed by atoms with Gasteiger partial charge in [0.1, 0.15) is 0 Å². The number of hydrogen-bond donors (Lipinski definition) is 3. The zero-order chi connectivity index (χ0) is 13.8. The fourth-order valence-electron chi connectivity index (χ4n) is 1.77. The average molecular weight is 321 g/mol. The predicted octanol–water partition coefficient (Wildman–Crippen LogP) is 1.81. The lowest BCUT2D eigenvalue weighted by atomic mass is 10.1. The maximum Gasteiger partial charge on any atom is 0.238 e. The number of carbonyl (C=O) groups is 1. The van der Waals surface area contributed by atoms with Crippen LogP contribution in [0.4, 0.5) is 0 Å². The summed E-state index contributed by atoms with van der Waals surface area (Å²) in [6, 6.07) is 4.70. The number of carbonyl (C=O) groups excluding carboxylic acids is 1. The molecule has 19 heavy (non-hydrogen) atoms. The van der Waals surface area contributed by atoms with Crippen molar-refractivity contribution in [3.05, 3.63) is 33.8 Å². The number of rotatable bonds is 4. The Hall–Kier alpha value is -0.460. The van der Waals surface area contributed by atoms with Crippen LogP contribution in [0, 0.1) is 0 Å². The lowest BCUT2D eigenvalue weighted by molar-refractivity contribution is -0.122. The van der Waals surface area contributed by atoms with E-state index in [9.17, 15) is 9.90 Å². The molecule has 1 aliphatic rings. The highest BCUT2D eigenvalue weighted by Gasteiger charge is 2.23. The van der Waals surface area contributed by atoms with Crippen LogP contribution in [-0.2, 0) is 4.79 Å². The molecule has 3 N–H and O–H groups in total. The number of thioether (sulfide) groups is 1. The van der Waals surface area contributed by atoms with Crippen LogP contribution in [0.25, 0.3) is 0 Å². The Bertz CT molecular complexity index is 467. The van der Waals surface area contributed by atoms with Gasteiger partial charge in [0.2, 0.25) is 5.91 Å². The first-order valence-corrected chi connectivity index (χ1v) is 7.71. The summed E-state index contributed by atoms with van der Waals surface area (Å²) in [5.41, 5.74) is 0.556. The van der Waals surface area contributed by atoms with Crippen LogP contribution in [0.1, 0.15) is 11.7 Å². The van der Waals surface area contributed by atoms with E-state index < -0.39 is 6.10 Å². The first-order valence-electron chi connectivity index (χ1n) is 5.80. The first-order chi connectivity index (χ1) is 9.08. The quantitative estimate of drug-likeness (QED) is 0.791. The molecule has 0 bridgehead atoms. The summed E-state index contributed by atoms with van der Waals surface area (Å²) in [5, 5.41) is 16.7. The summed E-state index contributed by atoms with van der Waals surface area (Å²) in [5.74, 6) is 1.43. The fraction of sp³-hybridized carbons (Fsp3) is 0.417. The lowest BCUT2D eigenvalue weighted by Crippen LogP contribution is -2.43. The topological polar surface area (TPSA) is 61.4 Å². The molecule has 1 aromatic carbocycles. The Labute approximate surface area is 125 Å². The molecule has 7 heteroatoms. The summed E-state index contributed by atoms with van der Waals surface area (Å²) < 4.78 is 0. The van der Waals surface area contributed by atoms with E-state index in [-0.39, 0.29) is 18.5 Å². The molecule has 0 radical (unpaired) electrons. The van der Waals surface area contributed by atoms with Crippen molar-refractivity contribution >= 4 is 40.9 Å². The maximum absolute atomic E-state index is 11.8. The normalized spacial score (nSPS) is 20.3. The Morgan fingerprint density at radius 3 is 3.00 bits per heavy atom. The maximum atomic E-state index is 11.8. The third kappa shape index (κ3) is 4.00. The standard InChI is InChI=1S/C12H14Cl2N2O2S/c13-7-1-2-8(9(14)3-7)11(17)4-15-12(18)10-5-19-6-16-10/h1-3,10-11,16-17H,4-6H2,(H,15,18). The van der Waals surface area contributed by atoms with Crippen LogP contribution in [0.3, 0.4) is 0 Å². The number of amides is 1. The molecule has 0 saturated carbocycles. The van der Waals surface area contributed by atoms with Gasteiger partial charge in [-0.05, 0) is 12.1 Å². The summed E-state index contributed by atoms with van der Waals surface area (Å²) in [7, 11) is 0. The molecule has 0 aliphatic carbocycles. The second-order valence-electron chi connectivity index (χ2n) is 4.20. The van der Waals surface area contributed by atoms with Gasteiger partial charge in [-0.1, -0.05) is 29.3 Å². The molecule has 2 rings (SSSR count). The number of aliphatic hydroxyl groups is 1. The van der Waals surface area contributed by atoms with Gasteiger partial charge in [0.15, 0.2) is 0 Å². The lowest BCUT2D eigenvalue weighted by Gasteiger charge is -2.16. The highest BCUT2D eigenvalue weighted by Crippen LogP contribution is 2.25. The molecule has 2 unspecified atom stereocenters. The van der Waals surface area contributed by atoms with Crippen molar-refractivity contribution in [1.29, 1.82) is 0 Å². The number of halogens is 2. The number of benzene rings is 1. The van der Waals surface area contributed by atoms with Crippen molar-refractivity contribution in [3.63, 3.8) is 0 Å². The summed E-state index contributed by atoms with van der Waals surface area (Å²) >= 11 is 13.5. The monoisotopic (exact) mass is 320 g/mol. The first kappa shape index (κ1) is 14.9. The SMILES string of the molecule is O=C(NCC(O)c1ccc(Cl)cc1Cl)C1CSCN1. The van der Waals surface area contributed by atoms with E-state index in [1.165, 1.54) is 0 Å². The number of hydrogen-bond acceptors (Lipinski definition) is 4. The van der Waals surface area contributed by atoms with E-state index >= 15 is 0 Å². The summed E-state index contributed by atoms with van der Waals surface area (Å²) in [4.78, 5) is 11.8. The smallest absolute Gasteiger partial charge is 0.238 e. The molecule has 1 aromatic rings. The molecule has 1 heterocycles. The summed E-state index contributed by atoms with van der Waals surface area (Å²) in [6.45, 7) is 0.128. The molecule has 0 aromatic heterocycles. The van der Waals surface area contributed by atoms with E-state index in [4.69, 9.17) is 23.2 Å². The van der Waals surface area contributed by atoms with Gasteiger partial charge >= 0.3 is 0 Å². The van der Waals surface area contributed by atoms with E-state index in [2.05, 4.69) is 10.6 Å². The molecule has 1 fully saturated rings. The molecule has 2 atom stereocenters. The molecular weight excluding hydrogens is 307 g/mol. The highest BCUT2D eigenvalue weighted by atomic mass is 35.5. The van der Waals surface area contributed by atoms with Crippen LogP contribution in [0.15, 0.2) is 18.2 Å².